The highest BCUT2D eigenvalue weighted by atomic mass is 16.5. The summed E-state index contributed by atoms with van der Waals surface area (Å²) >= 11 is 0. The lowest BCUT2D eigenvalue weighted by Gasteiger charge is -2.57. The molecule has 3 aliphatic rings. The summed E-state index contributed by atoms with van der Waals surface area (Å²) in [6, 6.07) is 10.9. The van der Waals surface area contributed by atoms with E-state index >= 15 is 0 Å². The molecule has 6 nitrogen and oxygen atoms in total. The number of quaternary nitrogens is 1. The minimum atomic E-state index is -0.226. The van der Waals surface area contributed by atoms with Crippen LogP contribution < -0.4 is 10.9 Å². The van der Waals surface area contributed by atoms with Gasteiger partial charge in [-0.1, -0.05) is 18.2 Å². The van der Waals surface area contributed by atoms with Crippen molar-refractivity contribution in [2.45, 2.75) is 69.8 Å². The van der Waals surface area contributed by atoms with Gasteiger partial charge < -0.3 is 19.1 Å². The highest BCUT2D eigenvalue weighted by molar-refractivity contribution is 5.97. The number of para-hydroxylation sites is 1. The summed E-state index contributed by atoms with van der Waals surface area (Å²) < 4.78 is 8.48. The normalized spacial score (nSPS) is 32.5. The largest absolute Gasteiger partial charge is 0.370 e. The van der Waals surface area contributed by atoms with Crippen LogP contribution in [0.1, 0.15) is 55.9 Å². The van der Waals surface area contributed by atoms with Gasteiger partial charge in [-0.3, -0.25) is 9.59 Å². The molecule has 1 spiro atoms. The number of nitrogens with one attached hydrogen (secondary N) is 1. The smallest absolute Gasteiger partial charge is 0.264 e. The van der Waals surface area contributed by atoms with Gasteiger partial charge in [0.15, 0.2) is 6.10 Å². The maximum Gasteiger partial charge on any atom is 0.264 e. The molecule has 1 aromatic carbocycles. The molecule has 5 rings (SSSR count). The van der Waals surface area contributed by atoms with Gasteiger partial charge in [-0.2, -0.15) is 0 Å². The molecule has 4 heterocycles. The molecule has 3 saturated heterocycles. The Hall–Kier alpha value is -2.18. The summed E-state index contributed by atoms with van der Waals surface area (Å²) in [6.45, 7) is 6.21. The van der Waals surface area contributed by atoms with Crippen molar-refractivity contribution in [1.82, 2.24) is 9.88 Å². The Morgan fingerprint density at radius 3 is 2.47 bits per heavy atom. The fourth-order valence-corrected chi connectivity index (χ4v) is 6.40. The van der Waals surface area contributed by atoms with Crippen LogP contribution in [0.3, 0.4) is 0 Å². The van der Waals surface area contributed by atoms with Crippen LogP contribution in [0.25, 0.3) is 10.9 Å². The minimum Gasteiger partial charge on any atom is -0.370 e. The Bertz CT molecular complexity index is 1020. The number of fused-ring (bicyclic) bond motifs is 1. The number of benzene rings is 1. The molecular weight excluding hydrogens is 378 g/mol. The van der Waals surface area contributed by atoms with Crippen LogP contribution in [0.4, 0.5) is 0 Å². The SMILES string of the molecule is COC1C[N+]2(C1)[C@@H]1CC[C@H]2CC(NC(=O)c2cc3ccccc3n(C(C)C)c2=O)C1. The summed E-state index contributed by atoms with van der Waals surface area (Å²) in [5.74, 6) is -0.226. The Kier molecular flexibility index (Phi) is 4.75. The van der Waals surface area contributed by atoms with Gasteiger partial charge in [0, 0.05) is 44.9 Å². The first-order valence-electron chi connectivity index (χ1n) is 11.3. The third-order valence-corrected chi connectivity index (χ3v) is 7.86. The molecule has 1 unspecified atom stereocenters. The second-order valence-corrected chi connectivity index (χ2v) is 9.74. The van der Waals surface area contributed by atoms with Crippen LogP contribution in [0, 0.1) is 0 Å². The van der Waals surface area contributed by atoms with Crippen molar-refractivity contribution in [3.8, 4) is 0 Å². The van der Waals surface area contributed by atoms with Crippen molar-refractivity contribution < 1.29 is 14.0 Å². The van der Waals surface area contributed by atoms with Crippen LogP contribution in [-0.2, 0) is 4.74 Å². The van der Waals surface area contributed by atoms with Crippen LogP contribution in [-0.4, -0.2) is 59.4 Å². The van der Waals surface area contributed by atoms with Crippen LogP contribution in [0.15, 0.2) is 35.1 Å². The van der Waals surface area contributed by atoms with E-state index in [4.69, 9.17) is 4.74 Å². The predicted octanol–water partition coefficient (Wildman–Crippen LogP) is 2.85. The molecule has 0 aliphatic carbocycles. The van der Waals surface area contributed by atoms with E-state index in [1.807, 2.05) is 45.2 Å². The summed E-state index contributed by atoms with van der Waals surface area (Å²) in [5, 5.41) is 4.15. The van der Waals surface area contributed by atoms with E-state index in [0.717, 1.165) is 36.8 Å². The van der Waals surface area contributed by atoms with Crippen LogP contribution >= 0.6 is 0 Å². The van der Waals surface area contributed by atoms with Crippen LogP contribution in [0.2, 0.25) is 0 Å². The molecule has 3 fully saturated rings. The number of pyridine rings is 1. The molecule has 2 bridgehead atoms. The van der Waals surface area contributed by atoms with Crippen molar-refractivity contribution in [2.24, 2.45) is 0 Å². The molecule has 3 aliphatic heterocycles. The van der Waals surface area contributed by atoms with E-state index in [-0.39, 0.29) is 29.1 Å². The number of rotatable bonds is 4. The molecule has 3 atom stereocenters. The summed E-state index contributed by atoms with van der Waals surface area (Å²) in [7, 11) is 1.81. The van der Waals surface area contributed by atoms with Crippen molar-refractivity contribution in [2.75, 3.05) is 20.2 Å². The van der Waals surface area contributed by atoms with Crippen molar-refractivity contribution in [3.05, 3.63) is 46.2 Å². The topological polar surface area (TPSA) is 60.3 Å². The lowest BCUT2D eigenvalue weighted by molar-refractivity contribution is -1.01. The second kappa shape index (κ2) is 7.20. The van der Waals surface area contributed by atoms with Crippen molar-refractivity contribution in [3.63, 3.8) is 0 Å². The van der Waals surface area contributed by atoms with Crippen LogP contribution in [0.5, 0.6) is 0 Å². The lowest BCUT2D eigenvalue weighted by atomic mass is 9.88. The first-order valence-corrected chi connectivity index (χ1v) is 11.3. The standard InChI is InChI=1S/C24H31N3O3/c1-15(2)26-22-7-5-4-6-16(22)10-21(24(26)29)23(28)25-17-11-18-8-9-19(12-17)27(18)13-20(14-27)30-3/h4-7,10,15,17-20H,8-9,11-14H2,1-3H3/p+1/t17?,18-,19+,20?,27?. The number of piperidine rings is 1. The number of ether oxygens (including phenoxy) is 1. The molecule has 2 aromatic rings. The predicted molar refractivity (Wildman–Crippen MR) is 117 cm³/mol. The zero-order valence-corrected chi connectivity index (χ0v) is 18.1. The molecule has 6 heteroatoms. The van der Waals surface area contributed by atoms with E-state index in [2.05, 4.69) is 5.32 Å². The second-order valence-electron chi connectivity index (χ2n) is 9.74. The van der Waals surface area contributed by atoms with E-state index in [1.165, 1.54) is 17.3 Å². The van der Waals surface area contributed by atoms with Crippen molar-refractivity contribution in [1.29, 1.82) is 0 Å². The fraction of sp³-hybridized carbons (Fsp3) is 0.583. The Morgan fingerprint density at radius 1 is 1.17 bits per heavy atom. The molecule has 30 heavy (non-hydrogen) atoms. The number of methoxy groups -OCH3 is 1. The van der Waals surface area contributed by atoms with Crippen molar-refractivity contribution >= 4 is 16.8 Å². The number of nitrogens with zero attached hydrogens (tertiary/aromatic N) is 2. The maximum absolute atomic E-state index is 13.2. The van der Waals surface area contributed by atoms with E-state index in [0.29, 0.717) is 18.2 Å². The zero-order chi connectivity index (χ0) is 21.0. The number of carbonyl (C=O) groups is 1. The monoisotopic (exact) mass is 410 g/mol. The molecule has 1 amide bonds. The number of hydrogen-bond donors (Lipinski definition) is 1. The molecule has 0 saturated carbocycles. The van der Waals surface area contributed by atoms with Gasteiger partial charge in [-0.15, -0.1) is 0 Å². The fourth-order valence-electron chi connectivity index (χ4n) is 6.40. The number of carbonyl (C=O) groups excluding carboxylic acids is 1. The maximum atomic E-state index is 13.2. The summed E-state index contributed by atoms with van der Waals surface area (Å²) in [6.07, 6.45) is 4.88. The third kappa shape index (κ3) is 2.92. The van der Waals surface area contributed by atoms with Gasteiger partial charge in [-0.25, -0.2) is 0 Å². The first kappa shape index (κ1) is 19.8. The van der Waals surface area contributed by atoms with Gasteiger partial charge >= 0.3 is 0 Å². The summed E-state index contributed by atoms with van der Waals surface area (Å²) in [5.41, 5.74) is 0.934. The third-order valence-electron chi connectivity index (χ3n) is 7.86. The average Bonchev–Trinajstić information content (AvgIpc) is 2.89. The average molecular weight is 411 g/mol. The molecule has 0 radical (unpaired) electrons. The zero-order valence-electron chi connectivity index (χ0n) is 18.1. The van der Waals surface area contributed by atoms with E-state index in [9.17, 15) is 9.59 Å². The molecule has 1 aromatic heterocycles. The molecular formula is C24H32N3O3+. The minimum absolute atomic E-state index is 0.00909. The summed E-state index contributed by atoms with van der Waals surface area (Å²) in [4.78, 5) is 26.3. The van der Waals surface area contributed by atoms with Gasteiger partial charge in [-0.05, 0) is 31.4 Å². The lowest BCUT2D eigenvalue weighted by Crippen LogP contribution is -2.75. The number of amides is 1. The van der Waals surface area contributed by atoms with Gasteiger partial charge in [0.05, 0.1) is 17.6 Å². The first-order chi connectivity index (χ1) is 14.4. The Morgan fingerprint density at radius 2 is 1.83 bits per heavy atom. The van der Waals surface area contributed by atoms with Gasteiger partial charge in [0.25, 0.3) is 11.5 Å². The number of hydrogen-bond acceptors (Lipinski definition) is 3. The Balaban J connectivity index is 1.38. The quantitative estimate of drug-likeness (QED) is 0.789. The van der Waals surface area contributed by atoms with E-state index < -0.39 is 0 Å². The molecule has 1 N–H and O–H groups in total. The van der Waals surface area contributed by atoms with Gasteiger partial charge in [0.1, 0.15) is 18.7 Å². The van der Waals surface area contributed by atoms with E-state index in [1.54, 1.807) is 10.6 Å². The highest BCUT2D eigenvalue weighted by Gasteiger charge is 2.60. The van der Waals surface area contributed by atoms with Gasteiger partial charge in [0.2, 0.25) is 0 Å². The Labute approximate surface area is 177 Å². The number of aromatic nitrogens is 1. The highest BCUT2D eigenvalue weighted by Crippen LogP contribution is 2.47. The molecule has 160 valence electrons.